The summed E-state index contributed by atoms with van der Waals surface area (Å²) >= 11 is 7.92. The molecule has 20 heteroatoms. The normalized spacial score (nSPS) is 17.2. The number of carbonyl (C=O) groups is 5. The summed E-state index contributed by atoms with van der Waals surface area (Å²) in [4.78, 5) is 88.4. The van der Waals surface area contributed by atoms with E-state index in [2.05, 4.69) is 36.1 Å². The van der Waals surface area contributed by atoms with Gasteiger partial charge in [0.15, 0.2) is 5.01 Å². The Labute approximate surface area is 301 Å². The van der Waals surface area contributed by atoms with Crippen LogP contribution in [0, 0.1) is 6.92 Å². The number of aromatic amines is 1. The van der Waals surface area contributed by atoms with E-state index in [0.29, 0.717) is 27.0 Å². The molecule has 0 bridgehead atoms. The summed E-state index contributed by atoms with van der Waals surface area (Å²) in [5, 5.41) is 25.9. The number of carboxylic acids is 1. The molecule has 0 spiro atoms. The zero-order valence-electron chi connectivity index (χ0n) is 26.9. The highest BCUT2D eigenvalue weighted by molar-refractivity contribution is 8.00. The molecule has 7 N–H and O–H groups in total. The molecule has 262 valence electrons. The predicted octanol–water partition coefficient (Wildman–Crippen LogP) is 1.27. The van der Waals surface area contributed by atoms with Gasteiger partial charge in [-0.05, 0) is 36.8 Å². The van der Waals surface area contributed by atoms with Gasteiger partial charge in [-0.1, -0.05) is 35.7 Å². The molecule has 4 aromatic rings. The van der Waals surface area contributed by atoms with Crippen molar-refractivity contribution in [1.29, 1.82) is 0 Å². The van der Waals surface area contributed by atoms with Gasteiger partial charge in [0.05, 0.1) is 10.4 Å². The van der Waals surface area contributed by atoms with E-state index < -0.39 is 52.6 Å². The highest BCUT2D eigenvalue weighted by Crippen LogP contribution is 2.41. The summed E-state index contributed by atoms with van der Waals surface area (Å²) in [5.74, 6) is -3.22. The Balaban J connectivity index is 1.28. The van der Waals surface area contributed by atoms with Crippen LogP contribution in [0.5, 0.6) is 0 Å². The van der Waals surface area contributed by atoms with Crippen molar-refractivity contribution in [2.45, 2.75) is 24.4 Å². The summed E-state index contributed by atoms with van der Waals surface area (Å²) in [6, 6.07) is 5.71. The number of fused-ring (bicyclic) bond motifs is 2. The van der Waals surface area contributed by atoms with Gasteiger partial charge in [-0.3, -0.25) is 24.1 Å². The topological polar surface area (TPSA) is 246 Å². The highest BCUT2D eigenvalue weighted by Gasteiger charge is 2.55. The number of anilines is 2. The number of thioether (sulfide) groups is 1. The predicted molar refractivity (Wildman–Crippen MR) is 193 cm³/mol. The van der Waals surface area contributed by atoms with E-state index in [1.165, 1.54) is 53.6 Å². The molecule has 5 heterocycles. The van der Waals surface area contributed by atoms with Crippen LogP contribution in [0.3, 0.4) is 0 Å². The first-order valence-electron chi connectivity index (χ1n) is 15.0. The maximum absolute atomic E-state index is 13.9. The van der Waals surface area contributed by atoms with Crippen LogP contribution in [0.2, 0.25) is 0 Å². The van der Waals surface area contributed by atoms with E-state index in [-0.39, 0.29) is 38.5 Å². The van der Waals surface area contributed by atoms with Crippen molar-refractivity contribution in [3.63, 3.8) is 0 Å². The summed E-state index contributed by atoms with van der Waals surface area (Å²) in [5.41, 5.74) is 5.06. The quantitative estimate of drug-likeness (QED) is 0.0761. The average Bonchev–Trinajstić information content (AvgIpc) is 3.54. The Morgan fingerprint density at radius 2 is 1.84 bits per heavy atom. The second-order valence-electron chi connectivity index (χ2n) is 11.5. The molecular weight excluding hydrogens is 721 g/mol. The Hall–Kier alpha value is -5.73. The van der Waals surface area contributed by atoms with Crippen molar-refractivity contribution in [2.24, 2.45) is 5.73 Å². The van der Waals surface area contributed by atoms with Crippen LogP contribution in [-0.2, 0) is 14.4 Å². The van der Waals surface area contributed by atoms with Crippen LogP contribution in [0.25, 0.3) is 11.0 Å². The van der Waals surface area contributed by atoms with Gasteiger partial charge in [-0.25, -0.2) is 14.6 Å². The van der Waals surface area contributed by atoms with Gasteiger partial charge in [0.25, 0.3) is 11.8 Å². The lowest BCUT2D eigenvalue weighted by atomic mass is 9.99. The van der Waals surface area contributed by atoms with Crippen molar-refractivity contribution in [3.05, 3.63) is 85.2 Å². The van der Waals surface area contributed by atoms with Gasteiger partial charge in [0.1, 0.15) is 45.1 Å². The van der Waals surface area contributed by atoms with Crippen LogP contribution in [0.1, 0.15) is 32.0 Å². The number of aromatic nitrogens is 4. The first-order chi connectivity index (χ1) is 24.2. The van der Waals surface area contributed by atoms with Gasteiger partial charge < -0.3 is 36.7 Å². The Bertz CT molecular complexity index is 2230. The fourth-order valence-electron chi connectivity index (χ4n) is 5.46. The number of thiocarbonyl (C=S) groups is 1. The molecule has 2 aliphatic heterocycles. The molecular formula is C31H28N10O7S3. The van der Waals surface area contributed by atoms with Gasteiger partial charge in [0, 0.05) is 37.3 Å². The lowest BCUT2D eigenvalue weighted by Crippen LogP contribution is -2.71. The first kappa shape index (κ1) is 35.1. The molecule has 2 unspecified atom stereocenters. The number of urea groups is 1. The minimum Gasteiger partial charge on any atom is -0.477 e. The molecule has 2 aliphatic rings. The van der Waals surface area contributed by atoms with E-state index in [1.807, 2.05) is 0 Å². The standard InChI is InChI=1S/C31H28N10O7S3/c1-12-38-39-27(51-12)24(49)16-11-50-29-21(28(45)41(29)22(16)30(46)47)37-26(44)19(13-4-6-14(7-5-13)34-31(32)48)36-25(43)15-10-33-17-8-9-18(40(2)3)35-20(17)23(15)42/h4-10,19,21,29H,11H2,1-3H3,(H,33,42)(H,36,43)(H,37,44)(H,46,47)(H3,32,34,48)/t19?,21?,29-/m0/s1. The number of nitrogens with one attached hydrogen (secondary N) is 4. The summed E-state index contributed by atoms with van der Waals surface area (Å²) < 4.78 is 0. The first-order valence-corrected chi connectivity index (χ1v) is 17.3. The summed E-state index contributed by atoms with van der Waals surface area (Å²) in [7, 11) is 3.50. The number of benzene rings is 1. The molecule has 0 aliphatic carbocycles. The number of primary amides is 1. The number of β-lactam (4-membered cyclic amide) rings is 1. The van der Waals surface area contributed by atoms with Crippen LogP contribution in [-0.4, -0.2) is 96.0 Å². The van der Waals surface area contributed by atoms with E-state index in [9.17, 15) is 33.9 Å². The van der Waals surface area contributed by atoms with E-state index in [0.717, 1.165) is 4.90 Å². The molecule has 3 atom stereocenters. The Morgan fingerprint density at radius 1 is 1.12 bits per heavy atom. The maximum atomic E-state index is 13.9. The van der Waals surface area contributed by atoms with Crippen LogP contribution >= 0.6 is 35.3 Å². The van der Waals surface area contributed by atoms with E-state index in [1.54, 1.807) is 38.1 Å². The van der Waals surface area contributed by atoms with Crippen molar-refractivity contribution in [3.8, 4) is 0 Å². The number of aliphatic carboxylic acids is 1. The largest absolute Gasteiger partial charge is 0.477 e. The van der Waals surface area contributed by atoms with Gasteiger partial charge in [-0.15, -0.1) is 22.0 Å². The van der Waals surface area contributed by atoms with Gasteiger partial charge >= 0.3 is 12.0 Å². The smallest absolute Gasteiger partial charge is 0.353 e. The van der Waals surface area contributed by atoms with E-state index in [4.69, 9.17) is 18.0 Å². The zero-order valence-corrected chi connectivity index (χ0v) is 29.4. The number of nitrogens with two attached hydrogens (primary N) is 1. The van der Waals surface area contributed by atoms with Crippen molar-refractivity contribution < 1.29 is 29.1 Å². The fraction of sp³-hybridized carbons (Fsp3) is 0.226. The Morgan fingerprint density at radius 3 is 2.47 bits per heavy atom. The fourth-order valence-corrected chi connectivity index (χ4v) is 7.90. The molecule has 0 saturated carbocycles. The third-order valence-electron chi connectivity index (χ3n) is 7.93. The number of pyridine rings is 2. The number of nitrogens with zero attached hydrogens (tertiary/aromatic N) is 5. The second kappa shape index (κ2) is 13.9. The van der Waals surface area contributed by atoms with Gasteiger partial charge in [-0.2, -0.15) is 0 Å². The highest BCUT2D eigenvalue weighted by atomic mass is 32.2. The molecule has 1 saturated heterocycles. The lowest BCUT2D eigenvalue weighted by molar-refractivity contribution is -0.150. The molecule has 3 aromatic heterocycles. The average molecular weight is 749 g/mol. The molecule has 0 radical (unpaired) electrons. The molecule has 6 rings (SSSR count). The Kier molecular flexibility index (Phi) is 9.56. The lowest BCUT2D eigenvalue weighted by Gasteiger charge is -2.49. The zero-order chi connectivity index (χ0) is 36.7. The van der Waals surface area contributed by atoms with Crippen LogP contribution in [0.15, 0.2) is 58.7 Å². The molecule has 5 amide bonds. The van der Waals surface area contributed by atoms with Crippen molar-refractivity contribution in [2.75, 3.05) is 30.1 Å². The number of carboxylic acid groups (broad SMARTS) is 1. The van der Waals surface area contributed by atoms with Crippen molar-refractivity contribution >= 4 is 92.4 Å². The maximum Gasteiger partial charge on any atom is 0.353 e. The number of carbonyl (C=O) groups excluding carboxylic acids is 4. The van der Waals surface area contributed by atoms with Crippen LogP contribution < -0.4 is 32.0 Å². The van der Waals surface area contributed by atoms with Gasteiger partial charge in [0.2, 0.25) is 11.3 Å². The van der Waals surface area contributed by atoms with E-state index >= 15 is 0 Å². The SMILES string of the molecule is Cc1nnc(C(=S)C2=C(C(=O)O)N3C(=O)C(NC(=O)C(NC(=O)c4c[nH]c5ccc(N(C)C)nc5c4=O)c4ccc(NC(N)=O)cc4)[C@@H]3SC2)s1. The minimum absolute atomic E-state index is 0.00797. The summed E-state index contributed by atoms with van der Waals surface area (Å²) in [6.07, 6.45) is 1.21. The third kappa shape index (κ3) is 6.75. The van der Waals surface area contributed by atoms with Crippen LogP contribution in [0.4, 0.5) is 16.3 Å². The number of rotatable bonds is 10. The third-order valence-corrected chi connectivity index (χ3v) is 10.6. The number of amides is 5. The van der Waals surface area contributed by atoms with Crippen molar-refractivity contribution in [1.82, 2.24) is 35.7 Å². The molecule has 1 fully saturated rings. The molecule has 17 nitrogen and oxygen atoms in total. The molecule has 51 heavy (non-hydrogen) atoms. The number of aryl methyl sites for hydroxylation is 1. The second-order valence-corrected chi connectivity index (χ2v) is 14.2. The minimum atomic E-state index is -1.45. The number of hydrogen-bond acceptors (Lipinski definition) is 13. The number of H-pyrrole nitrogens is 1. The molecule has 1 aromatic carbocycles. The summed E-state index contributed by atoms with van der Waals surface area (Å²) in [6.45, 7) is 1.73. The number of hydrogen-bond donors (Lipinski definition) is 6. The monoisotopic (exact) mass is 748 g/mol.